The van der Waals surface area contributed by atoms with E-state index in [1.807, 2.05) is 24.3 Å². The minimum absolute atomic E-state index is 0.0278. The molecule has 0 heterocycles. The first-order valence-electron chi connectivity index (χ1n) is 6.22. The molecule has 1 aromatic carbocycles. The number of nitrogens with one attached hydrogen (secondary N) is 1. The van der Waals surface area contributed by atoms with Crippen LogP contribution in [0.1, 0.15) is 31.2 Å². The first-order valence-corrected chi connectivity index (χ1v) is 6.22. The standard InChI is InChI=1S/C14H19N3O/c15-10-3-1-2-4-14(18)17-13-7-5-12(6-8-13)9-11-16/h5-8H,1-4,9-10,15H2,(H,17,18). The molecule has 0 aromatic heterocycles. The fourth-order valence-corrected chi connectivity index (χ4v) is 1.63. The summed E-state index contributed by atoms with van der Waals surface area (Å²) in [6.07, 6.45) is 3.75. The zero-order valence-corrected chi connectivity index (χ0v) is 10.5. The van der Waals surface area contributed by atoms with Crippen LogP contribution in [0, 0.1) is 11.3 Å². The van der Waals surface area contributed by atoms with Crippen LogP contribution in [0.2, 0.25) is 0 Å². The Morgan fingerprint density at radius 3 is 2.56 bits per heavy atom. The molecule has 0 aliphatic rings. The molecule has 18 heavy (non-hydrogen) atoms. The van der Waals surface area contributed by atoms with E-state index in [0.29, 0.717) is 19.4 Å². The molecule has 4 heteroatoms. The van der Waals surface area contributed by atoms with Gasteiger partial charge in [-0.15, -0.1) is 0 Å². The Morgan fingerprint density at radius 1 is 1.22 bits per heavy atom. The molecular weight excluding hydrogens is 226 g/mol. The second-order valence-electron chi connectivity index (χ2n) is 4.18. The quantitative estimate of drug-likeness (QED) is 0.723. The van der Waals surface area contributed by atoms with Crippen molar-refractivity contribution in [3.8, 4) is 6.07 Å². The number of carbonyl (C=O) groups is 1. The molecule has 3 N–H and O–H groups in total. The van der Waals surface area contributed by atoms with Crippen LogP contribution in [0.4, 0.5) is 5.69 Å². The maximum atomic E-state index is 11.6. The summed E-state index contributed by atoms with van der Waals surface area (Å²) < 4.78 is 0. The molecule has 96 valence electrons. The SMILES string of the molecule is N#CCc1ccc(NC(=O)CCCCCN)cc1. The van der Waals surface area contributed by atoms with Crippen LogP contribution < -0.4 is 11.1 Å². The van der Waals surface area contributed by atoms with E-state index in [0.717, 1.165) is 30.5 Å². The first-order chi connectivity index (χ1) is 8.76. The number of nitrogens with two attached hydrogens (primary N) is 1. The van der Waals surface area contributed by atoms with Crippen molar-refractivity contribution in [3.63, 3.8) is 0 Å². The lowest BCUT2D eigenvalue weighted by Gasteiger charge is -2.05. The average Bonchev–Trinajstić information content (AvgIpc) is 2.37. The zero-order valence-electron chi connectivity index (χ0n) is 10.5. The predicted octanol–water partition coefficient (Wildman–Crippen LogP) is 2.21. The van der Waals surface area contributed by atoms with Gasteiger partial charge in [0.05, 0.1) is 12.5 Å². The lowest BCUT2D eigenvalue weighted by atomic mass is 10.1. The number of unbranched alkanes of at least 4 members (excludes halogenated alkanes) is 2. The van der Waals surface area contributed by atoms with Crippen LogP contribution in [0.15, 0.2) is 24.3 Å². The van der Waals surface area contributed by atoms with Gasteiger partial charge in [0.2, 0.25) is 5.91 Å². The van der Waals surface area contributed by atoms with Crippen molar-refractivity contribution < 1.29 is 4.79 Å². The summed E-state index contributed by atoms with van der Waals surface area (Å²) >= 11 is 0. The lowest BCUT2D eigenvalue weighted by Crippen LogP contribution is -2.11. The Balaban J connectivity index is 2.33. The van der Waals surface area contributed by atoms with E-state index in [4.69, 9.17) is 11.0 Å². The third-order valence-corrected chi connectivity index (χ3v) is 2.63. The number of amides is 1. The molecule has 0 fully saturated rings. The van der Waals surface area contributed by atoms with E-state index >= 15 is 0 Å². The Hall–Kier alpha value is -1.86. The molecule has 0 aliphatic heterocycles. The molecule has 0 bridgehead atoms. The van der Waals surface area contributed by atoms with Crippen molar-refractivity contribution in [2.45, 2.75) is 32.1 Å². The van der Waals surface area contributed by atoms with E-state index < -0.39 is 0 Å². The normalized spacial score (nSPS) is 9.78. The minimum Gasteiger partial charge on any atom is -0.330 e. The van der Waals surface area contributed by atoms with Crippen molar-refractivity contribution in [1.29, 1.82) is 5.26 Å². The number of hydrogen-bond acceptors (Lipinski definition) is 3. The molecule has 0 aliphatic carbocycles. The highest BCUT2D eigenvalue weighted by atomic mass is 16.1. The summed E-state index contributed by atoms with van der Waals surface area (Å²) in [5.41, 5.74) is 7.12. The number of benzene rings is 1. The Bertz CT molecular complexity index is 406. The summed E-state index contributed by atoms with van der Waals surface area (Å²) in [4.78, 5) is 11.6. The molecule has 0 saturated heterocycles. The largest absolute Gasteiger partial charge is 0.330 e. The summed E-state index contributed by atoms with van der Waals surface area (Å²) in [6.45, 7) is 0.683. The van der Waals surface area contributed by atoms with Gasteiger partial charge in [0.25, 0.3) is 0 Å². The number of carbonyl (C=O) groups excluding carboxylic acids is 1. The molecule has 0 spiro atoms. The molecule has 0 unspecified atom stereocenters. The highest BCUT2D eigenvalue weighted by Crippen LogP contribution is 2.11. The smallest absolute Gasteiger partial charge is 0.224 e. The third-order valence-electron chi connectivity index (χ3n) is 2.63. The van der Waals surface area contributed by atoms with Crippen molar-refractivity contribution in [1.82, 2.24) is 0 Å². The Labute approximate surface area is 108 Å². The highest BCUT2D eigenvalue weighted by Gasteiger charge is 2.02. The Kier molecular flexibility index (Phi) is 6.52. The molecule has 0 saturated carbocycles. The van der Waals surface area contributed by atoms with Gasteiger partial charge in [0, 0.05) is 12.1 Å². The highest BCUT2D eigenvalue weighted by molar-refractivity contribution is 5.90. The first kappa shape index (κ1) is 14.2. The maximum absolute atomic E-state index is 11.6. The van der Waals surface area contributed by atoms with Crippen LogP contribution >= 0.6 is 0 Å². The number of nitrogens with zero attached hydrogens (tertiary/aromatic N) is 1. The average molecular weight is 245 g/mol. The monoisotopic (exact) mass is 245 g/mol. The molecule has 1 aromatic rings. The maximum Gasteiger partial charge on any atom is 0.224 e. The van der Waals surface area contributed by atoms with Gasteiger partial charge in [-0.2, -0.15) is 5.26 Å². The van der Waals surface area contributed by atoms with E-state index in [1.165, 1.54) is 0 Å². The van der Waals surface area contributed by atoms with Crippen LogP contribution in [-0.2, 0) is 11.2 Å². The summed E-state index contributed by atoms with van der Waals surface area (Å²) in [7, 11) is 0. The topological polar surface area (TPSA) is 78.9 Å². The fourth-order valence-electron chi connectivity index (χ4n) is 1.63. The summed E-state index contributed by atoms with van der Waals surface area (Å²) in [5, 5.41) is 11.4. The van der Waals surface area contributed by atoms with Gasteiger partial charge in [0.1, 0.15) is 0 Å². The predicted molar refractivity (Wildman–Crippen MR) is 71.9 cm³/mol. The minimum atomic E-state index is 0.0278. The van der Waals surface area contributed by atoms with Crippen molar-refractivity contribution >= 4 is 11.6 Å². The fraction of sp³-hybridized carbons (Fsp3) is 0.429. The number of nitriles is 1. The lowest BCUT2D eigenvalue weighted by molar-refractivity contribution is -0.116. The molecule has 0 radical (unpaired) electrons. The van der Waals surface area contributed by atoms with Crippen LogP contribution in [0.5, 0.6) is 0 Å². The van der Waals surface area contributed by atoms with Gasteiger partial charge in [0.15, 0.2) is 0 Å². The van der Waals surface area contributed by atoms with E-state index in [-0.39, 0.29) is 5.91 Å². The van der Waals surface area contributed by atoms with E-state index in [9.17, 15) is 4.79 Å². The molecule has 4 nitrogen and oxygen atoms in total. The zero-order chi connectivity index (χ0) is 13.2. The van der Waals surface area contributed by atoms with E-state index in [2.05, 4.69) is 11.4 Å². The van der Waals surface area contributed by atoms with Gasteiger partial charge >= 0.3 is 0 Å². The summed E-state index contributed by atoms with van der Waals surface area (Å²) in [6, 6.07) is 9.44. The van der Waals surface area contributed by atoms with E-state index in [1.54, 1.807) is 0 Å². The van der Waals surface area contributed by atoms with Gasteiger partial charge in [-0.1, -0.05) is 18.6 Å². The number of hydrogen-bond donors (Lipinski definition) is 2. The van der Waals surface area contributed by atoms with Gasteiger partial charge in [-0.3, -0.25) is 4.79 Å². The van der Waals surface area contributed by atoms with Gasteiger partial charge < -0.3 is 11.1 Å². The number of rotatable bonds is 7. The van der Waals surface area contributed by atoms with Crippen LogP contribution in [0.3, 0.4) is 0 Å². The van der Waals surface area contributed by atoms with Crippen LogP contribution in [0.25, 0.3) is 0 Å². The summed E-state index contributed by atoms with van der Waals surface area (Å²) in [5.74, 6) is 0.0278. The second-order valence-corrected chi connectivity index (χ2v) is 4.18. The number of anilines is 1. The molecule has 1 rings (SSSR count). The second kappa shape index (κ2) is 8.26. The molecule has 0 atom stereocenters. The van der Waals surface area contributed by atoms with Crippen molar-refractivity contribution in [2.24, 2.45) is 5.73 Å². The third kappa shape index (κ3) is 5.46. The molecule has 1 amide bonds. The van der Waals surface area contributed by atoms with Crippen molar-refractivity contribution in [3.05, 3.63) is 29.8 Å². The molecular formula is C14H19N3O. The van der Waals surface area contributed by atoms with Gasteiger partial charge in [-0.25, -0.2) is 0 Å². The Morgan fingerprint density at radius 2 is 1.94 bits per heavy atom. The van der Waals surface area contributed by atoms with Crippen LogP contribution in [-0.4, -0.2) is 12.5 Å². The van der Waals surface area contributed by atoms with Gasteiger partial charge in [-0.05, 0) is 37.1 Å². The van der Waals surface area contributed by atoms with Crippen molar-refractivity contribution in [2.75, 3.05) is 11.9 Å².